The van der Waals surface area contributed by atoms with Crippen molar-refractivity contribution in [3.63, 3.8) is 0 Å². The molecule has 0 heterocycles. The summed E-state index contributed by atoms with van der Waals surface area (Å²) in [5, 5.41) is 8.49. The highest BCUT2D eigenvalue weighted by molar-refractivity contribution is 5.50. The SMILES string of the molecule is O=C=C(O)C1CC1. The van der Waals surface area contributed by atoms with E-state index < -0.39 is 0 Å². The standard InChI is InChI=1S/C5H6O2/c6-3-5(7)4-1-2-4/h4,7H,1-2H2. The normalized spacial score (nSPS) is 18.3. The molecule has 0 aromatic heterocycles. The minimum Gasteiger partial charge on any atom is -0.502 e. The third kappa shape index (κ3) is 0.815. The van der Waals surface area contributed by atoms with Crippen LogP contribution in [0.25, 0.3) is 0 Å². The Morgan fingerprint density at radius 2 is 2.29 bits per heavy atom. The Morgan fingerprint density at radius 1 is 1.71 bits per heavy atom. The molecule has 0 unspecified atom stereocenters. The zero-order chi connectivity index (χ0) is 5.28. The first-order chi connectivity index (χ1) is 3.34. The smallest absolute Gasteiger partial charge is 0.179 e. The van der Waals surface area contributed by atoms with Gasteiger partial charge in [-0.25, -0.2) is 4.79 Å². The van der Waals surface area contributed by atoms with Gasteiger partial charge in [0.15, 0.2) is 11.7 Å². The maximum atomic E-state index is 9.57. The fraction of sp³-hybridized carbons (Fsp3) is 0.600. The van der Waals surface area contributed by atoms with Crippen molar-refractivity contribution in [2.24, 2.45) is 5.92 Å². The van der Waals surface area contributed by atoms with E-state index in [1.165, 1.54) is 5.94 Å². The van der Waals surface area contributed by atoms with Crippen LogP contribution < -0.4 is 0 Å². The fourth-order valence-corrected chi connectivity index (χ4v) is 0.440. The van der Waals surface area contributed by atoms with E-state index in [1.54, 1.807) is 0 Å². The van der Waals surface area contributed by atoms with E-state index in [-0.39, 0.29) is 11.7 Å². The van der Waals surface area contributed by atoms with Crippen molar-refractivity contribution in [2.75, 3.05) is 0 Å². The summed E-state index contributed by atoms with van der Waals surface area (Å²) in [6.45, 7) is 0. The lowest BCUT2D eigenvalue weighted by Gasteiger charge is -1.80. The summed E-state index contributed by atoms with van der Waals surface area (Å²) >= 11 is 0. The molecule has 1 saturated carbocycles. The van der Waals surface area contributed by atoms with Gasteiger partial charge in [-0.05, 0) is 12.8 Å². The van der Waals surface area contributed by atoms with Gasteiger partial charge in [-0.15, -0.1) is 0 Å². The van der Waals surface area contributed by atoms with Gasteiger partial charge in [0, 0.05) is 5.92 Å². The van der Waals surface area contributed by atoms with Crippen molar-refractivity contribution in [2.45, 2.75) is 12.8 Å². The van der Waals surface area contributed by atoms with Gasteiger partial charge in [0.2, 0.25) is 0 Å². The van der Waals surface area contributed by atoms with Crippen molar-refractivity contribution >= 4 is 5.94 Å². The van der Waals surface area contributed by atoms with Crippen LogP contribution in [-0.2, 0) is 4.79 Å². The third-order valence-corrected chi connectivity index (χ3v) is 1.07. The fourth-order valence-electron chi connectivity index (χ4n) is 0.440. The molecule has 0 radical (unpaired) electrons. The van der Waals surface area contributed by atoms with Gasteiger partial charge in [-0.1, -0.05) is 0 Å². The monoisotopic (exact) mass is 98.0 g/mol. The van der Waals surface area contributed by atoms with E-state index in [0.29, 0.717) is 0 Å². The topological polar surface area (TPSA) is 37.3 Å². The summed E-state index contributed by atoms with van der Waals surface area (Å²) in [6.07, 6.45) is 1.92. The maximum absolute atomic E-state index is 9.57. The highest BCUT2D eigenvalue weighted by Gasteiger charge is 2.26. The number of allylic oxidation sites excluding steroid dienone is 1. The second-order valence-corrected chi connectivity index (χ2v) is 1.76. The highest BCUT2D eigenvalue weighted by atomic mass is 16.3. The van der Waals surface area contributed by atoms with Crippen molar-refractivity contribution in [3.8, 4) is 0 Å². The average Bonchev–Trinajstić information content (AvgIpc) is 2.44. The third-order valence-electron chi connectivity index (χ3n) is 1.07. The van der Waals surface area contributed by atoms with Crippen molar-refractivity contribution in [3.05, 3.63) is 5.76 Å². The lowest BCUT2D eigenvalue weighted by atomic mass is 10.4. The predicted octanol–water partition coefficient (Wildman–Crippen LogP) is 0.670. The Labute approximate surface area is 41.5 Å². The Kier molecular flexibility index (Phi) is 0.878. The van der Waals surface area contributed by atoms with Crippen LogP contribution >= 0.6 is 0 Å². The van der Waals surface area contributed by atoms with E-state index >= 15 is 0 Å². The second kappa shape index (κ2) is 1.39. The molecule has 0 aliphatic heterocycles. The second-order valence-electron chi connectivity index (χ2n) is 1.76. The number of hydrogen-bond donors (Lipinski definition) is 1. The molecule has 1 rings (SSSR count). The van der Waals surface area contributed by atoms with Crippen LogP contribution in [0, 0.1) is 5.92 Å². The van der Waals surface area contributed by atoms with Crippen LogP contribution in [0.4, 0.5) is 0 Å². The van der Waals surface area contributed by atoms with E-state index in [1.807, 2.05) is 0 Å². The van der Waals surface area contributed by atoms with Gasteiger partial charge in [0.1, 0.15) is 0 Å². The molecular weight excluding hydrogens is 92.1 g/mol. The molecule has 2 heteroatoms. The largest absolute Gasteiger partial charge is 0.502 e. The van der Waals surface area contributed by atoms with E-state index in [2.05, 4.69) is 0 Å². The van der Waals surface area contributed by atoms with E-state index in [0.717, 1.165) is 12.8 Å². The zero-order valence-corrected chi connectivity index (χ0v) is 3.85. The molecule has 0 saturated heterocycles. The molecule has 7 heavy (non-hydrogen) atoms. The Morgan fingerprint density at radius 3 is 2.43 bits per heavy atom. The Bertz CT molecular complexity index is 118. The van der Waals surface area contributed by atoms with Crippen LogP contribution in [-0.4, -0.2) is 11.0 Å². The first-order valence-electron chi connectivity index (χ1n) is 2.28. The summed E-state index contributed by atoms with van der Waals surface area (Å²) in [4.78, 5) is 9.57. The number of carbonyl (C=O) groups excluding carboxylic acids is 1. The summed E-state index contributed by atoms with van der Waals surface area (Å²) in [5.74, 6) is 1.52. The van der Waals surface area contributed by atoms with Gasteiger partial charge in [0.05, 0.1) is 0 Å². The van der Waals surface area contributed by atoms with Gasteiger partial charge < -0.3 is 5.11 Å². The van der Waals surface area contributed by atoms with Gasteiger partial charge >= 0.3 is 0 Å². The predicted molar refractivity (Wildman–Crippen MR) is 24.6 cm³/mol. The molecule has 38 valence electrons. The number of hydrogen-bond acceptors (Lipinski definition) is 2. The van der Waals surface area contributed by atoms with Gasteiger partial charge in [-0.2, -0.15) is 0 Å². The maximum Gasteiger partial charge on any atom is 0.179 e. The van der Waals surface area contributed by atoms with E-state index in [9.17, 15) is 4.79 Å². The number of aliphatic hydroxyl groups is 1. The summed E-state index contributed by atoms with van der Waals surface area (Å²) in [6, 6.07) is 0. The molecule has 0 aromatic rings. The minimum absolute atomic E-state index is 0.0972. The average molecular weight is 98.1 g/mol. The van der Waals surface area contributed by atoms with Gasteiger partial charge in [0.25, 0.3) is 0 Å². The number of aliphatic hydroxyl groups excluding tert-OH is 1. The quantitative estimate of drug-likeness (QED) is 0.386. The first-order valence-corrected chi connectivity index (χ1v) is 2.28. The van der Waals surface area contributed by atoms with Crippen LogP contribution in [0.15, 0.2) is 5.76 Å². The Hall–Kier alpha value is -0.750. The molecule has 0 atom stereocenters. The molecule has 2 nitrogen and oxygen atoms in total. The van der Waals surface area contributed by atoms with Crippen LogP contribution in [0.3, 0.4) is 0 Å². The van der Waals surface area contributed by atoms with Crippen molar-refractivity contribution < 1.29 is 9.90 Å². The first kappa shape index (κ1) is 4.41. The molecule has 1 N–H and O–H groups in total. The molecule has 0 aromatic carbocycles. The minimum atomic E-state index is -0.0972. The van der Waals surface area contributed by atoms with E-state index in [4.69, 9.17) is 5.11 Å². The summed E-state index contributed by atoms with van der Waals surface area (Å²) < 4.78 is 0. The van der Waals surface area contributed by atoms with Crippen LogP contribution in [0.1, 0.15) is 12.8 Å². The van der Waals surface area contributed by atoms with Crippen molar-refractivity contribution in [1.29, 1.82) is 0 Å². The molecule has 1 aliphatic carbocycles. The molecule has 0 spiro atoms. The highest BCUT2D eigenvalue weighted by Crippen LogP contribution is 2.33. The zero-order valence-electron chi connectivity index (χ0n) is 3.85. The summed E-state index contributed by atoms with van der Waals surface area (Å²) in [7, 11) is 0. The lowest BCUT2D eigenvalue weighted by Crippen LogP contribution is -1.80. The molecule has 0 bridgehead atoms. The Balaban J connectivity index is 2.53. The molecular formula is C5H6O2. The molecule has 1 fully saturated rings. The summed E-state index contributed by atoms with van der Waals surface area (Å²) in [5.41, 5.74) is 0. The van der Waals surface area contributed by atoms with Crippen LogP contribution in [0.2, 0.25) is 0 Å². The van der Waals surface area contributed by atoms with Gasteiger partial charge in [-0.3, -0.25) is 0 Å². The number of rotatable bonds is 1. The lowest BCUT2D eigenvalue weighted by molar-refractivity contribution is 0.381. The molecule has 0 amide bonds. The van der Waals surface area contributed by atoms with Crippen LogP contribution in [0.5, 0.6) is 0 Å². The van der Waals surface area contributed by atoms with Crippen molar-refractivity contribution in [1.82, 2.24) is 0 Å². The molecule has 1 aliphatic rings.